The molecule has 0 bridgehead atoms. The molecule has 1 saturated heterocycles. The van der Waals surface area contributed by atoms with Crippen molar-refractivity contribution < 1.29 is 0 Å². The molecule has 0 spiro atoms. The molecule has 2 heteroatoms. The molecule has 0 radical (unpaired) electrons. The third-order valence-electron chi connectivity index (χ3n) is 2.86. The zero-order valence-electron chi connectivity index (χ0n) is 9.56. The Morgan fingerprint density at radius 3 is 2.43 bits per heavy atom. The summed E-state index contributed by atoms with van der Waals surface area (Å²) >= 11 is 2.10. The summed E-state index contributed by atoms with van der Waals surface area (Å²) in [5, 5.41) is 4.31. The SMILES string of the molecule is CCCCCCCCCC1NCCS1. The summed E-state index contributed by atoms with van der Waals surface area (Å²) in [4.78, 5) is 0. The number of thioether (sulfide) groups is 1. The molecule has 1 fully saturated rings. The molecule has 84 valence electrons. The van der Waals surface area contributed by atoms with Crippen LogP contribution in [0.15, 0.2) is 0 Å². The quantitative estimate of drug-likeness (QED) is 0.618. The minimum atomic E-state index is 0.783. The fourth-order valence-corrected chi connectivity index (χ4v) is 3.04. The zero-order valence-corrected chi connectivity index (χ0v) is 10.4. The lowest BCUT2D eigenvalue weighted by Gasteiger charge is -2.08. The molecule has 1 nitrogen and oxygen atoms in total. The van der Waals surface area contributed by atoms with Crippen molar-refractivity contribution in [1.82, 2.24) is 5.32 Å². The first kappa shape index (κ1) is 12.4. The van der Waals surface area contributed by atoms with Gasteiger partial charge < -0.3 is 5.32 Å². The first-order valence-corrected chi connectivity index (χ1v) is 7.33. The minimum absolute atomic E-state index is 0.783. The lowest BCUT2D eigenvalue weighted by atomic mass is 10.1. The molecule has 1 heterocycles. The molecule has 0 aromatic rings. The van der Waals surface area contributed by atoms with Crippen LogP contribution in [0.1, 0.15) is 58.3 Å². The van der Waals surface area contributed by atoms with Crippen molar-refractivity contribution >= 4 is 11.8 Å². The van der Waals surface area contributed by atoms with Gasteiger partial charge in [-0.15, -0.1) is 11.8 Å². The van der Waals surface area contributed by atoms with Crippen molar-refractivity contribution in [2.75, 3.05) is 12.3 Å². The van der Waals surface area contributed by atoms with E-state index in [2.05, 4.69) is 24.0 Å². The van der Waals surface area contributed by atoms with Gasteiger partial charge in [0.05, 0.1) is 5.37 Å². The van der Waals surface area contributed by atoms with Gasteiger partial charge in [-0.05, 0) is 6.42 Å². The van der Waals surface area contributed by atoms with E-state index in [1.807, 2.05) is 0 Å². The Kier molecular flexibility index (Phi) is 7.61. The van der Waals surface area contributed by atoms with Gasteiger partial charge in [-0.3, -0.25) is 0 Å². The van der Waals surface area contributed by atoms with Crippen LogP contribution in [-0.4, -0.2) is 17.7 Å². The maximum absolute atomic E-state index is 3.53. The van der Waals surface area contributed by atoms with Gasteiger partial charge in [0.15, 0.2) is 0 Å². The summed E-state index contributed by atoms with van der Waals surface area (Å²) in [6.45, 7) is 3.51. The van der Waals surface area contributed by atoms with Gasteiger partial charge in [0.2, 0.25) is 0 Å². The summed E-state index contributed by atoms with van der Waals surface area (Å²) in [5.74, 6) is 1.32. The summed E-state index contributed by atoms with van der Waals surface area (Å²) in [6, 6.07) is 0. The third kappa shape index (κ3) is 5.92. The van der Waals surface area contributed by atoms with Crippen molar-refractivity contribution in [3.8, 4) is 0 Å². The summed E-state index contributed by atoms with van der Waals surface area (Å²) < 4.78 is 0. The minimum Gasteiger partial charge on any atom is -0.305 e. The van der Waals surface area contributed by atoms with Gasteiger partial charge in [-0.2, -0.15) is 0 Å². The van der Waals surface area contributed by atoms with Crippen LogP contribution in [-0.2, 0) is 0 Å². The topological polar surface area (TPSA) is 12.0 Å². The van der Waals surface area contributed by atoms with Crippen LogP contribution < -0.4 is 5.32 Å². The van der Waals surface area contributed by atoms with Crippen LogP contribution in [0.3, 0.4) is 0 Å². The second kappa shape index (κ2) is 8.60. The molecular weight excluding hydrogens is 190 g/mol. The third-order valence-corrected chi connectivity index (χ3v) is 4.11. The summed E-state index contributed by atoms with van der Waals surface area (Å²) in [5.41, 5.74) is 0. The molecule has 1 aliphatic heterocycles. The highest BCUT2D eigenvalue weighted by Gasteiger charge is 2.12. The monoisotopic (exact) mass is 215 g/mol. The molecule has 14 heavy (non-hydrogen) atoms. The van der Waals surface area contributed by atoms with Gasteiger partial charge in [0.1, 0.15) is 0 Å². The largest absolute Gasteiger partial charge is 0.305 e. The van der Waals surface area contributed by atoms with E-state index < -0.39 is 0 Å². The Morgan fingerprint density at radius 2 is 1.79 bits per heavy atom. The van der Waals surface area contributed by atoms with E-state index in [1.165, 1.54) is 63.7 Å². The van der Waals surface area contributed by atoms with E-state index in [1.54, 1.807) is 0 Å². The maximum Gasteiger partial charge on any atom is 0.0532 e. The Morgan fingerprint density at radius 1 is 1.07 bits per heavy atom. The second-order valence-corrected chi connectivity index (χ2v) is 5.53. The Labute approximate surface area is 93.4 Å². The van der Waals surface area contributed by atoms with Gasteiger partial charge in [0, 0.05) is 12.3 Å². The van der Waals surface area contributed by atoms with Crippen molar-refractivity contribution in [2.45, 2.75) is 63.7 Å². The van der Waals surface area contributed by atoms with E-state index in [-0.39, 0.29) is 0 Å². The Bertz CT molecular complexity index is 121. The number of nitrogens with one attached hydrogen (secondary N) is 1. The standard InChI is InChI=1S/C12H25NS/c1-2-3-4-5-6-7-8-9-12-13-10-11-14-12/h12-13H,2-11H2,1H3. The highest BCUT2D eigenvalue weighted by molar-refractivity contribution is 8.00. The van der Waals surface area contributed by atoms with Crippen molar-refractivity contribution in [3.05, 3.63) is 0 Å². The number of hydrogen-bond acceptors (Lipinski definition) is 2. The van der Waals surface area contributed by atoms with Gasteiger partial charge in [-0.1, -0.05) is 51.9 Å². The molecule has 1 atom stereocenters. The predicted octanol–water partition coefficient (Wildman–Crippen LogP) is 3.79. The summed E-state index contributed by atoms with van der Waals surface area (Å²) in [6.07, 6.45) is 11.4. The normalized spacial score (nSPS) is 21.6. The highest BCUT2D eigenvalue weighted by atomic mass is 32.2. The summed E-state index contributed by atoms with van der Waals surface area (Å²) in [7, 11) is 0. The van der Waals surface area contributed by atoms with Crippen LogP contribution in [0.5, 0.6) is 0 Å². The smallest absolute Gasteiger partial charge is 0.0532 e. The van der Waals surface area contributed by atoms with E-state index in [0.717, 1.165) is 5.37 Å². The zero-order chi connectivity index (χ0) is 10.1. The average molecular weight is 215 g/mol. The van der Waals surface area contributed by atoms with Gasteiger partial charge in [0.25, 0.3) is 0 Å². The first-order chi connectivity index (χ1) is 6.93. The van der Waals surface area contributed by atoms with Crippen molar-refractivity contribution in [1.29, 1.82) is 0 Å². The molecular formula is C12H25NS. The average Bonchev–Trinajstić information content (AvgIpc) is 2.69. The van der Waals surface area contributed by atoms with Crippen molar-refractivity contribution in [2.24, 2.45) is 0 Å². The predicted molar refractivity (Wildman–Crippen MR) is 66.9 cm³/mol. The van der Waals surface area contributed by atoms with Crippen LogP contribution in [0.25, 0.3) is 0 Å². The van der Waals surface area contributed by atoms with E-state index in [9.17, 15) is 0 Å². The Balaban J connectivity index is 1.75. The van der Waals surface area contributed by atoms with Crippen molar-refractivity contribution in [3.63, 3.8) is 0 Å². The van der Waals surface area contributed by atoms with Gasteiger partial charge >= 0.3 is 0 Å². The molecule has 0 aromatic heterocycles. The lowest BCUT2D eigenvalue weighted by Crippen LogP contribution is -2.19. The van der Waals surface area contributed by atoms with E-state index in [4.69, 9.17) is 0 Å². The maximum atomic E-state index is 3.53. The second-order valence-electron chi connectivity index (χ2n) is 4.22. The number of rotatable bonds is 8. The molecule has 0 saturated carbocycles. The molecule has 1 rings (SSSR count). The van der Waals surface area contributed by atoms with Crippen LogP contribution in [0.4, 0.5) is 0 Å². The number of hydrogen-bond donors (Lipinski definition) is 1. The molecule has 1 unspecified atom stereocenters. The van der Waals surface area contributed by atoms with Crippen LogP contribution >= 0.6 is 11.8 Å². The fraction of sp³-hybridized carbons (Fsp3) is 1.00. The number of unbranched alkanes of at least 4 members (excludes halogenated alkanes) is 6. The van der Waals surface area contributed by atoms with Crippen LogP contribution in [0, 0.1) is 0 Å². The molecule has 0 aliphatic carbocycles. The highest BCUT2D eigenvalue weighted by Crippen LogP contribution is 2.19. The fourth-order valence-electron chi connectivity index (χ4n) is 1.95. The van der Waals surface area contributed by atoms with Gasteiger partial charge in [-0.25, -0.2) is 0 Å². The Hall–Kier alpha value is 0.310. The molecule has 0 aromatic carbocycles. The first-order valence-electron chi connectivity index (χ1n) is 6.28. The molecule has 1 N–H and O–H groups in total. The lowest BCUT2D eigenvalue weighted by molar-refractivity contribution is 0.553. The van der Waals surface area contributed by atoms with E-state index in [0.29, 0.717) is 0 Å². The van der Waals surface area contributed by atoms with E-state index >= 15 is 0 Å². The molecule has 1 aliphatic rings. The molecule has 0 amide bonds. The van der Waals surface area contributed by atoms with Crippen LogP contribution in [0.2, 0.25) is 0 Å².